The molecule has 1 heterocycles. The van der Waals surface area contributed by atoms with Crippen LogP contribution in [0.1, 0.15) is 41.9 Å². The Labute approximate surface area is 169 Å². The van der Waals surface area contributed by atoms with Crippen molar-refractivity contribution in [1.29, 1.82) is 5.26 Å². The van der Waals surface area contributed by atoms with Gasteiger partial charge in [-0.1, -0.05) is 35.9 Å². The van der Waals surface area contributed by atoms with Crippen LogP contribution in [0.25, 0.3) is 0 Å². The zero-order chi connectivity index (χ0) is 20.7. The van der Waals surface area contributed by atoms with Crippen LogP contribution in [0.3, 0.4) is 0 Å². The quantitative estimate of drug-likeness (QED) is 0.807. The fraction of sp³-hybridized carbons (Fsp3) is 0.250. The molecule has 2 N–H and O–H groups in total. The molecule has 4 rings (SSSR count). The van der Waals surface area contributed by atoms with E-state index in [1.54, 1.807) is 23.1 Å². The predicted octanol–water partition coefficient (Wildman–Crippen LogP) is 4.75. The molecule has 0 amide bonds. The smallest absolute Gasteiger partial charge is 0.161 e. The Balaban J connectivity index is 2.01. The maximum absolute atomic E-state index is 14.7. The van der Waals surface area contributed by atoms with Crippen LogP contribution in [0.2, 0.25) is 0 Å². The molecule has 0 fully saturated rings. The highest BCUT2D eigenvalue weighted by Gasteiger charge is 2.41. The number of nitriles is 1. The van der Waals surface area contributed by atoms with Crippen molar-refractivity contribution >= 4 is 11.5 Å². The molecule has 5 heteroatoms. The minimum absolute atomic E-state index is 0.00202. The van der Waals surface area contributed by atoms with Crippen LogP contribution in [0.4, 0.5) is 10.1 Å². The SMILES string of the molecule is Cc1ccc([C@@H]2C(C#N)=C(N)N(c3ccccc3F)C3=C2C(=O)CCC3)c(C)c1. The van der Waals surface area contributed by atoms with Crippen molar-refractivity contribution in [3.05, 3.63) is 87.6 Å². The van der Waals surface area contributed by atoms with E-state index in [1.807, 2.05) is 32.0 Å². The van der Waals surface area contributed by atoms with Gasteiger partial charge in [-0.15, -0.1) is 0 Å². The molecule has 0 bridgehead atoms. The maximum Gasteiger partial charge on any atom is 0.161 e. The standard InChI is InChI=1S/C24H22FN3O/c1-14-10-11-16(15(2)12-14)22-17(13-26)24(27)28(19-7-4-3-6-18(19)25)20-8-5-9-21(29)23(20)22/h3-4,6-7,10-12,22H,5,8-9,27H2,1-2H3/t22-/m1/s1. The number of hydrogen-bond donors (Lipinski definition) is 1. The summed E-state index contributed by atoms with van der Waals surface area (Å²) < 4.78 is 14.7. The third kappa shape index (κ3) is 3.01. The van der Waals surface area contributed by atoms with Gasteiger partial charge >= 0.3 is 0 Å². The Hall–Kier alpha value is -3.39. The molecule has 1 aliphatic carbocycles. The number of benzene rings is 2. The highest BCUT2D eigenvalue weighted by Crippen LogP contribution is 2.47. The van der Waals surface area contributed by atoms with Crippen LogP contribution >= 0.6 is 0 Å². The number of nitrogens with zero attached hydrogens (tertiary/aromatic N) is 2. The highest BCUT2D eigenvalue weighted by molar-refractivity contribution is 6.01. The maximum atomic E-state index is 14.7. The molecule has 0 unspecified atom stereocenters. The monoisotopic (exact) mass is 387 g/mol. The third-order valence-corrected chi connectivity index (χ3v) is 5.74. The van der Waals surface area contributed by atoms with Gasteiger partial charge in [-0.3, -0.25) is 9.69 Å². The molecular weight excluding hydrogens is 365 g/mol. The van der Waals surface area contributed by atoms with E-state index < -0.39 is 11.7 Å². The van der Waals surface area contributed by atoms with Gasteiger partial charge in [0.2, 0.25) is 0 Å². The summed E-state index contributed by atoms with van der Waals surface area (Å²) in [6, 6.07) is 14.5. The first-order valence-corrected chi connectivity index (χ1v) is 9.71. The predicted molar refractivity (Wildman–Crippen MR) is 110 cm³/mol. The van der Waals surface area contributed by atoms with Crippen molar-refractivity contribution in [3.63, 3.8) is 0 Å². The van der Waals surface area contributed by atoms with Gasteiger partial charge in [0.15, 0.2) is 5.78 Å². The normalized spacial score (nSPS) is 19.3. The summed E-state index contributed by atoms with van der Waals surface area (Å²) in [6.45, 7) is 3.98. The van der Waals surface area contributed by atoms with Crippen LogP contribution in [0, 0.1) is 31.0 Å². The molecule has 1 aliphatic heterocycles. The van der Waals surface area contributed by atoms with Gasteiger partial charge in [-0.05, 0) is 49.9 Å². The molecule has 0 saturated heterocycles. The number of allylic oxidation sites excluding steroid dienone is 3. The summed E-state index contributed by atoms with van der Waals surface area (Å²) in [6.07, 6.45) is 1.71. The molecular formula is C24H22FN3O. The zero-order valence-electron chi connectivity index (χ0n) is 16.5. The van der Waals surface area contributed by atoms with E-state index in [0.29, 0.717) is 30.5 Å². The molecule has 0 spiro atoms. The molecule has 2 aliphatic rings. The molecule has 146 valence electrons. The largest absolute Gasteiger partial charge is 0.384 e. The van der Waals surface area contributed by atoms with Crippen molar-refractivity contribution in [2.24, 2.45) is 5.73 Å². The van der Waals surface area contributed by atoms with Crippen molar-refractivity contribution in [2.75, 3.05) is 4.90 Å². The second-order valence-electron chi connectivity index (χ2n) is 7.63. The summed E-state index contributed by atoms with van der Waals surface area (Å²) >= 11 is 0. The second kappa shape index (κ2) is 7.21. The summed E-state index contributed by atoms with van der Waals surface area (Å²) in [4.78, 5) is 14.6. The third-order valence-electron chi connectivity index (χ3n) is 5.74. The molecule has 0 radical (unpaired) electrons. The number of ketones is 1. The molecule has 1 atom stereocenters. The zero-order valence-corrected chi connectivity index (χ0v) is 16.5. The number of nitrogens with two attached hydrogens (primary N) is 1. The Kier molecular flexibility index (Phi) is 4.71. The fourth-order valence-electron chi connectivity index (χ4n) is 4.46. The fourth-order valence-corrected chi connectivity index (χ4v) is 4.46. The lowest BCUT2D eigenvalue weighted by Crippen LogP contribution is -2.39. The van der Waals surface area contributed by atoms with Crippen LogP contribution in [0.15, 0.2) is 65.1 Å². The molecule has 29 heavy (non-hydrogen) atoms. The number of para-hydroxylation sites is 1. The number of halogens is 1. The van der Waals surface area contributed by atoms with E-state index in [-0.39, 0.29) is 22.9 Å². The van der Waals surface area contributed by atoms with Crippen LogP contribution < -0.4 is 10.6 Å². The minimum atomic E-state index is -0.522. The first kappa shape index (κ1) is 18.9. The van der Waals surface area contributed by atoms with E-state index >= 15 is 0 Å². The molecule has 2 aromatic rings. The summed E-state index contributed by atoms with van der Waals surface area (Å²) in [5, 5.41) is 10.0. The number of carbonyl (C=O) groups is 1. The average Bonchev–Trinajstić information content (AvgIpc) is 2.69. The number of aryl methyl sites for hydroxylation is 2. The van der Waals surface area contributed by atoms with Crippen molar-refractivity contribution in [1.82, 2.24) is 0 Å². The molecule has 0 aromatic heterocycles. The lowest BCUT2D eigenvalue weighted by atomic mass is 9.74. The lowest BCUT2D eigenvalue weighted by Gasteiger charge is -2.40. The number of rotatable bonds is 2. The Bertz CT molecular complexity index is 1120. The first-order valence-electron chi connectivity index (χ1n) is 9.71. The number of hydrogen-bond acceptors (Lipinski definition) is 4. The van der Waals surface area contributed by atoms with E-state index in [4.69, 9.17) is 5.73 Å². The Morgan fingerprint density at radius 1 is 1.17 bits per heavy atom. The van der Waals surface area contributed by atoms with Crippen LogP contribution in [-0.4, -0.2) is 5.78 Å². The van der Waals surface area contributed by atoms with Gasteiger partial charge in [0.25, 0.3) is 0 Å². The van der Waals surface area contributed by atoms with E-state index in [1.165, 1.54) is 6.07 Å². The van der Waals surface area contributed by atoms with E-state index in [0.717, 1.165) is 16.7 Å². The average molecular weight is 387 g/mol. The summed E-state index contributed by atoms with van der Waals surface area (Å²) in [7, 11) is 0. The first-order chi connectivity index (χ1) is 13.9. The van der Waals surface area contributed by atoms with Gasteiger partial charge in [-0.2, -0.15) is 5.26 Å². The molecule has 0 saturated carbocycles. The van der Waals surface area contributed by atoms with E-state index in [2.05, 4.69) is 6.07 Å². The number of anilines is 1. The minimum Gasteiger partial charge on any atom is -0.384 e. The molecule has 4 nitrogen and oxygen atoms in total. The van der Waals surface area contributed by atoms with Gasteiger partial charge < -0.3 is 5.73 Å². The van der Waals surface area contributed by atoms with Crippen LogP contribution in [0.5, 0.6) is 0 Å². The Morgan fingerprint density at radius 2 is 1.93 bits per heavy atom. The van der Waals surface area contributed by atoms with Crippen molar-refractivity contribution in [3.8, 4) is 6.07 Å². The van der Waals surface area contributed by atoms with E-state index in [9.17, 15) is 14.4 Å². The summed E-state index contributed by atoms with van der Waals surface area (Å²) in [5.74, 6) is -0.775. The number of carbonyl (C=O) groups excluding carboxylic acids is 1. The summed E-state index contributed by atoms with van der Waals surface area (Å²) in [5.41, 5.74) is 11.3. The van der Waals surface area contributed by atoms with Crippen LogP contribution in [-0.2, 0) is 4.79 Å². The highest BCUT2D eigenvalue weighted by atomic mass is 19.1. The Morgan fingerprint density at radius 3 is 2.62 bits per heavy atom. The van der Waals surface area contributed by atoms with Crippen molar-refractivity contribution in [2.45, 2.75) is 39.0 Å². The topological polar surface area (TPSA) is 70.1 Å². The van der Waals surface area contributed by atoms with Gasteiger partial charge in [0.1, 0.15) is 11.6 Å². The second-order valence-corrected chi connectivity index (χ2v) is 7.63. The number of Topliss-reactive ketones (excluding diaryl/α,β-unsaturated/α-hetero) is 1. The van der Waals surface area contributed by atoms with Gasteiger partial charge in [-0.25, -0.2) is 4.39 Å². The molecule has 2 aromatic carbocycles. The van der Waals surface area contributed by atoms with Gasteiger partial charge in [0.05, 0.1) is 23.2 Å². The van der Waals surface area contributed by atoms with Gasteiger partial charge in [0, 0.05) is 17.7 Å². The lowest BCUT2D eigenvalue weighted by molar-refractivity contribution is -0.116. The van der Waals surface area contributed by atoms with Crippen molar-refractivity contribution < 1.29 is 9.18 Å².